The molecule has 0 saturated carbocycles. The van der Waals surface area contributed by atoms with Crippen LogP contribution in [0.3, 0.4) is 0 Å². The Morgan fingerprint density at radius 2 is 2.30 bits per heavy atom. The standard InChI is InChI=1S/C6H14N2O2/c1-3-6(2,4-7)8-5(9)10/h8H,3-4,7H2,1-2H3,(H,9,10). The molecule has 0 spiro atoms. The number of nitrogens with two attached hydrogens (primary N) is 1. The molecule has 1 unspecified atom stereocenters. The SMILES string of the molecule is CCC(C)(CN)NC(=O)O. The smallest absolute Gasteiger partial charge is 0.405 e. The predicted molar refractivity (Wildman–Crippen MR) is 38.9 cm³/mol. The molecule has 1 amide bonds. The Balaban J connectivity index is 3.92. The molecule has 4 N–H and O–H groups in total. The van der Waals surface area contributed by atoms with Crippen LogP contribution in [0, 0.1) is 0 Å². The summed E-state index contributed by atoms with van der Waals surface area (Å²) in [6, 6.07) is 0. The van der Waals surface area contributed by atoms with E-state index in [-0.39, 0.29) is 0 Å². The second-order valence-corrected chi connectivity index (χ2v) is 2.55. The van der Waals surface area contributed by atoms with Gasteiger partial charge >= 0.3 is 6.09 Å². The Hall–Kier alpha value is -0.770. The van der Waals surface area contributed by atoms with E-state index in [0.29, 0.717) is 13.0 Å². The van der Waals surface area contributed by atoms with E-state index < -0.39 is 11.6 Å². The third-order valence-electron chi connectivity index (χ3n) is 1.64. The van der Waals surface area contributed by atoms with Crippen molar-refractivity contribution in [2.75, 3.05) is 6.54 Å². The molecule has 0 heterocycles. The maximum atomic E-state index is 10.2. The van der Waals surface area contributed by atoms with Gasteiger partial charge in [-0.05, 0) is 13.3 Å². The van der Waals surface area contributed by atoms with E-state index in [4.69, 9.17) is 10.8 Å². The highest BCUT2D eigenvalue weighted by Crippen LogP contribution is 2.05. The molecule has 0 fully saturated rings. The van der Waals surface area contributed by atoms with Crippen molar-refractivity contribution in [3.63, 3.8) is 0 Å². The molecule has 0 aromatic rings. The van der Waals surface area contributed by atoms with Crippen molar-refractivity contribution < 1.29 is 9.90 Å². The molecule has 0 aromatic carbocycles. The lowest BCUT2D eigenvalue weighted by molar-refractivity contribution is 0.179. The van der Waals surface area contributed by atoms with Crippen LogP contribution in [0.15, 0.2) is 0 Å². The highest BCUT2D eigenvalue weighted by atomic mass is 16.4. The van der Waals surface area contributed by atoms with Gasteiger partial charge in [0.25, 0.3) is 0 Å². The van der Waals surface area contributed by atoms with Crippen molar-refractivity contribution in [1.29, 1.82) is 0 Å². The average Bonchev–Trinajstić information content (AvgIpc) is 1.87. The monoisotopic (exact) mass is 146 g/mol. The molecule has 0 radical (unpaired) electrons. The summed E-state index contributed by atoms with van der Waals surface area (Å²) in [6.45, 7) is 4.00. The molecular formula is C6H14N2O2. The molecule has 0 aliphatic heterocycles. The molecule has 0 bridgehead atoms. The highest BCUT2D eigenvalue weighted by molar-refractivity contribution is 5.65. The molecule has 4 heteroatoms. The van der Waals surface area contributed by atoms with E-state index in [1.54, 1.807) is 6.92 Å². The zero-order valence-electron chi connectivity index (χ0n) is 6.35. The zero-order valence-corrected chi connectivity index (χ0v) is 6.35. The molecular weight excluding hydrogens is 132 g/mol. The Bertz CT molecular complexity index is 121. The topological polar surface area (TPSA) is 75.3 Å². The molecule has 0 saturated heterocycles. The summed E-state index contributed by atoms with van der Waals surface area (Å²) < 4.78 is 0. The van der Waals surface area contributed by atoms with Gasteiger partial charge in [-0.3, -0.25) is 0 Å². The van der Waals surface area contributed by atoms with Crippen LogP contribution in [0.25, 0.3) is 0 Å². The van der Waals surface area contributed by atoms with Crippen LogP contribution in [-0.4, -0.2) is 23.3 Å². The first kappa shape index (κ1) is 9.23. The van der Waals surface area contributed by atoms with Crippen LogP contribution in [0.2, 0.25) is 0 Å². The van der Waals surface area contributed by atoms with Crippen LogP contribution in [0.5, 0.6) is 0 Å². The van der Waals surface area contributed by atoms with E-state index in [1.807, 2.05) is 6.92 Å². The van der Waals surface area contributed by atoms with Crippen molar-refractivity contribution in [1.82, 2.24) is 5.32 Å². The number of carbonyl (C=O) groups is 1. The van der Waals surface area contributed by atoms with E-state index in [9.17, 15) is 4.79 Å². The molecule has 0 aromatic heterocycles. The van der Waals surface area contributed by atoms with Crippen molar-refractivity contribution in [2.24, 2.45) is 5.73 Å². The molecule has 0 aliphatic carbocycles. The van der Waals surface area contributed by atoms with Gasteiger partial charge in [0.15, 0.2) is 0 Å². The first-order valence-corrected chi connectivity index (χ1v) is 3.25. The van der Waals surface area contributed by atoms with Gasteiger partial charge in [-0.2, -0.15) is 0 Å². The van der Waals surface area contributed by atoms with Gasteiger partial charge < -0.3 is 16.2 Å². The lowest BCUT2D eigenvalue weighted by Gasteiger charge is -2.25. The normalized spacial score (nSPS) is 15.9. The van der Waals surface area contributed by atoms with E-state index in [0.717, 1.165) is 0 Å². The number of hydrogen-bond donors (Lipinski definition) is 3. The van der Waals surface area contributed by atoms with Gasteiger partial charge in [0.2, 0.25) is 0 Å². The maximum Gasteiger partial charge on any atom is 0.405 e. The Kier molecular flexibility index (Phi) is 3.15. The summed E-state index contributed by atoms with van der Waals surface area (Å²) >= 11 is 0. The molecule has 0 rings (SSSR count). The quantitative estimate of drug-likeness (QED) is 0.538. The van der Waals surface area contributed by atoms with Crippen LogP contribution in [0.1, 0.15) is 20.3 Å². The van der Waals surface area contributed by atoms with Crippen LogP contribution < -0.4 is 11.1 Å². The lowest BCUT2D eigenvalue weighted by atomic mass is 10.00. The summed E-state index contributed by atoms with van der Waals surface area (Å²) in [5, 5.41) is 10.7. The minimum absolute atomic E-state index is 0.329. The first-order valence-electron chi connectivity index (χ1n) is 3.25. The molecule has 1 atom stereocenters. The van der Waals surface area contributed by atoms with E-state index in [2.05, 4.69) is 5.32 Å². The summed E-state index contributed by atoms with van der Waals surface area (Å²) in [5.74, 6) is 0. The van der Waals surface area contributed by atoms with Gasteiger partial charge in [-0.1, -0.05) is 6.92 Å². The van der Waals surface area contributed by atoms with Crippen molar-refractivity contribution in [2.45, 2.75) is 25.8 Å². The van der Waals surface area contributed by atoms with Gasteiger partial charge in [-0.25, -0.2) is 4.79 Å². The van der Waals surface area contributed by atoms with E-state index in [1.165, 1.54) is 0 Å². The van der Waals surface area contributed by atoms with Crippen LogP contribution >= 0.6 is 0 Å². The lowest BCUT2D eigenvalue weighted by Crippen LogP contribution is -2.50. The maximum absolute atomic E-state index is 10.2. The molecule has 10 heavy (non-hydrogen) atoms. The van der Waals surface area contributed by atoms with Crippen molar-refractivity contribution in [3.8, 4) is 0 Å². The Morgan fingerprint density at radius 3 is 2.40 bits per heavy atom. The first-order chi connectivity index (χ1) is 4.54. The van der Waals surface area contributed by atoms with Gasteiger partial charge in [0, 0.05) is 6.54 Å². The Morgan fingerprint density at radius 1 is 1.80 bits per heavy atom. The third-order valence-corrected chi connectivity index (χ3v) is 1.64. The average molecular weight is 146 g/mol. The fourth-order valence-corrected chi connectivity index (χ4v) is 0.542. The number of rotatable bonds is 3. The number of nitrogens with one attached hydrogen (secondary N) is 1. The summed E-state index contributed by atoms with van der Waals surface area (Å²) in [5.41, 5.74) is 4.87. The fourth-order valence-electron chi connectivity index (χ4n) is 0.542. The second-order valence-electron chi connectivity index (χ2n) is 2.55. The second kappa shape index (κ2) is 3.41. The molecule has 0 aliphatic rings. The number of hydrogen-bond acceptors (Lipinski definition) is 2. The zero-order chi connectivity index (χ0) is 8.20. The molecule has 4 nitrogen and oxygen atoms in total. The fraction of sp³-hybridized carbons (Fsp3) is 0.833. The third kappa shape index (κ3) is 2.68. The van der Waals surface area contributed by atoms with Crippen LogP contribution in [-0.2, 0) is 0 Å². The number of amides is 1. The largest absolute Gasteiger partial charge is 0.465 e. The summed E-state index contributed by atoms with van der Waals surface area (Å²) in [7, 11) is 0. The molecule has 60 valence electrons. The van der Waals surface area contributed by atoms with E-state index >= 15 is 0 Å². The van der Waals surface area contributed by atoms with Gasteiger partial charge in [0.1, 0.15) is 0 Å². The van der Waals surface area contributed by atoms with Crippen LogP contribution in [0.4, 0.5) is 4.79 Å². The highest BCUT2D eigenvalue weighted by Gasteiger charge is 2.21. The van der Waals surface area contributed by atoms with Crippen molar-refractivity contribution in [3.05, 3.63) is 0 Å². The summed E-state index contributed by atoms with van der Waals surface area (Å²) in [4.78, 5) is 10.2. The van der Waals surface area contributed by atoms with Gasteiger partial charge in [0.05, 0.1) is 5.54 Å². The predicted octanol–water partition coefficient (Wildman–Crippen LogP) is 0.381. The minimum Gasteiger partial charge on any atom is -0.465 e. The van der Waals surface area contributed by atoms with Crippen molar-refractivity contribution >= 4 is 6.09 Å². The summed E-state index contributed by atoms with van der Waals surface area (Å²) in [6.07, 6.45) is -0.315. The Labute approximate surface area is 60.4 Å². The van der Waals surface area contributed by atoms with Gasteiger partial charge in [-0.15, -0.1) is 0 Å². The number of carboxylic acid groups (broad SMARTS) is 1. The minimum atomic E-state index is -1.02.